The highest BCUT2D eigenvalue weighted by Crippen LogP contribution is 2.36. The Hall–Kier alpha value is -1.73. The number of benzene rings is 1. The number of ether oxygens (including phenoxy) is 3. The third-order valence-corrected chi connectivity index (χ3v) is 5.03. The zero-order valence-corrected chi connectivity index (χ0v) is 14.8. The van der Waals surface area contributed by atoms with Crippen LogP contribution in [0, 0.1) is 0 Å². The smallest absolute Gasteiger partial charge is 0.408 e. The lowest BCUT2D eigenvalue weighted by molar-refractivity contribution is -0.154. The average molecular weight is 353 g/mol. The summed E-state index contributed by atoms with van der Waals surface area (Å²) in [5.41, 5.74) is 0.149. The van der Waals surface area contributed by atoms with Gasteiger partial charge in [0.05, 0.1) is 6.61 Å². The van der Waals surface area contributed by atoms with Crippen molar-refractivity contribution in [1.29, 1.82) is 0 Å². The van der Waals surface area contributed by atoms with Crippen molar-refractivity contribution in [1.82, 2.24) is 5.32 Å². The van der Waals surface area contributed by atoms with E-state index in [1.165, 1.54) is 0 Å². The van der Waals surface area contributed by atoms with Gasteiger partial charge in [0.2, 0.25) is 0 Å². The fourth-order valence-electron chi connectivity index (χ4n) is 2.44. The molecule has 24 heavy (non-hydrogen) atoms. The maximum Gasteiger partial charge on any atom is 0.408 e. The van der Waals surface area contributed by atoms with Gasteiger partial charge in [-0.1, -0.05) is 30.3 Å². The zero-order valence-electron chi connectivity index (χ0n) is 13.9. The Morgan fingerprint density at radius 2 is 1.88 bits per heavy atom. The number of hydrogen-bond donors (Lipinski definition) is 1. The van der Waals surface area contributed by atoms with E-state index in [-0.39, 0.29) is 13.2 Å². The normalized spacial score (nSPS) is 16.6. The third-order valence-electron chi connectivity index (χ3n) is 3.65. The van der Waals surface area contributed by atoms with Gasteiger partial charge in [-0.2, -0.15) is 11.8 Å². The van der Waals surface area contributed by atoms with Gasteiger partial charge in [-0.05, 0) is 19.4 Å². The van der Waals surface area contributed by atoms with Gasteiger partial charge < -0.3 is 19.5 Å². The van der Waals surface area contributed by atoms with Crippen LogP contribution in [0.25, 0.3) is 0 Å². The highest BCUT2D eigenvalue weighted by atomic mass is 32.2. The summed E-state index contributed by atoms with van der Waals surface area (Å²) >= 11 is 1.66. The van der Waals surface area contributed by atoms with Crippen molar-refractivity contribution in [3.8, 4) is 0 Å². The lowest BCUT2D eigenvalue weighted by Gasteiger charge is -2.44. The molecule has 0 radical (unpaired) electrons. The van der Waals surface area contributed by atoms with Crippen molar-refractivity contribution in [3.63, 3.8) is 0 Å². The van der Waals surface area contributed by atoms with E-state index in [0.717, 1.165) is 5.56 Å². The lowest BCUT2D eigenvalue weighted by Crippen LogP contribution is -2.65. The summed E-state index contributed by atoms with van der Waals surface area (Å²) in [6.45, 7) is 4.42. The van der Waals surface area contributed by atoms with Crippen molar-refractivity contribution in [2.45, 2.75) is 32.1 Å². The number of nitrogens with one attached hydrogen (secondary N) is 1. The van der Waals surface area contributed by atoms with Crippen molar-refractivity contribution in [3.05, 3.63) is 35.9 Å². The summed E-state index contributed by atoms with van der Waals surface area (Å²) < 4.78 is 16.1. The van der Waals surface area contributed by atoms with Crippen LogP contribution in [0.1, 0.15) is 19.4 Å². The number of rotatable bonds is 8. The van der Waals surface area contributed by atoms with Crippen molar-refractivity contribution in [2.75, 3.05) is 24.7 Å². The van der Waals surface area contributed by atoms with Gasteiger partial charge in [0.15, 0.2) is 6.04 Å². The quantitative estimate of drug-likeness (QED) is 0.723. The summed E-state index contributed by atoms with van der Waals surface area (Å²) in [5.74, 6) is 0.759. The number of carbonyl (C=O) groups is 2. The van der Waals surface area contributed by atoms with Gasteiger partial charge in [0, 0.05) is 18.1 Å². The van der Waals surface area contributed by atoms with Gasteiger partial charge in [-0.15, -0.1) is 0 Å². The topological polar surface area (TPSA) is 73.9 Å². The molecule has 1 saturated heterocycles. The number of thioether (sulfide) groups is 1. The minimum Gasteiger partial charge on any atom is -0.464 e. The second-order valence-electron chi connectivity index (χ2n) is 5.38. The van der Waals surface area contributed by atoms with E-state index in [4.69, 9.17) is 14.2 Å². The van der Waals surface area contributed by atoms with Gasteiger partial charge in [0.1, 0.15) is 12.2 Å². The first-order valence-electron chi connectivity index (χ1n) is 7.97. The zero-order chi connectivity index (χ0) is 17.4. The largest absolute Gasteiger partial charge is 0.464 e. The number of alkyl carbamates (subject to hydrolysis) is 1. The van der Waals surface area contributed by atoms with E-state index >= 15 is 0 Å². The van der Waals surface area contributed by atoms with Crippen LogP contribution in [-0.4, -0.2) is 48.4 Å². The molecule has 1 aromatic rings. The first kappa shape index (κ1) is 18.6. The second-order valence-corrected chi connectivity index (χ2v) is 6.37. The van der Waals surface area contributed by atoms with E-state index in [9.17, 15) is 9.59 Å². The standard InChI is InChI=1S/C17H23NO5S/c1-3-21-15(19)14(17(23-4-2)11-24-12-17)18-16(20)22-10-13-8-6-5-7-9-13/h5-9,14H,3-4,10-12H2,1-2H3,(H,18,20). The van der Waals surface area contributed by atoms with Gasteiger partial charge in [0.25, 0.3) is 0 Å². The summed E-state index contributed by atoms with van der Waals surface area (Å²) in [4.78, 5) is 24.4. The Morgan fingerprint density at radius 3 is 2.42 bits per heavy atom. The summed E-state index contributed by atoms with van der Waals surface area (Å²) in [6, 6.07) is 8.48. The monoisotopic (exact) mass is 353 g/mol. The van der Waals surface area contributed by atoms with Gasteiger partial charge >= 0.3 is 12.1 Å². The van der Waals surface area contributed by atoms with Gasteiger partial charge in [-0.3, -0.25) is 0 Å². The first-order valence-corrected chi connectivity index (χ1v) is 9.12. The van der Waals surface area contributed by atoms with Crippen molar-refractivity contribution in [2.24, 2.45) is 0 Å². The number of hydrogen-bond acceptors (Lipinski definition) is 6. The first-order chi connectivity index (χ1) is 11.6. The highest BCUT2D eigenvalue weighted by Gasteiger charge is 2.51. The Labute approximate surface area is 146 Å². The maximum absolute atomic E-state index is 12.3. The molecule has 132 valence electrons. The maximum atomic E-state index is 12.3. The molecule has 0 aromatic heterocycles. The Bertz CT molecular complexity index is 547. The molecule has 7 heteroatoms. The molecular weight excluding hydrogens is 330 g/mol. The van der Waals surface area contributed by atoms with Crippen molar-refractivity contribution >= 4 is 23.8 Å². The molecule has 2 rings (SSSR count). The number of amides is 1. The van der Waals surface area contributed by atoms with E-state index in [2.05, 4.69) is 5.32 Å². The van der Waals surface area contributed by atoms with E-state index < -0.39 is 23.7 Å². The van der Waals surface area contributed by atoms with Crippen LogP contribution < -0.4 is 5.32 Å². The molecule has 1 N–H and O–H groups in total. The summed E-state index contributed by atoms with van der Waals surface area (Å²) in [7, 11) is 0. The molecule has 1 amide bonds. The third kappa shape index (κ3) is 4.64. The van der Waals surface area contributed by atoms with Gasteiger partial charge in [-0.25, -0.2) is 9.59 Å². The van der Waals surface area contributed by atoms with Crippen LogP contribution in [0.15, 0.2) is 30.3 Å². The lowest BCUT2D eigenvalue weighted by atomic mass is 9.97. The fourth-order valence-corrected chi connectivity index (χ4v) is 3.54. The minimum absolute atomic E-state index is 0.138. The highest BCUT2D eigenvalue weighted by molar-refractivity contribution is 8.00. The van der Waals surface area contributed by atoms with Crippen LogP contribution in [-0.2, 0) is 25.6 Å². The number of esters is 1. The van der Waals surface area contributed by atoms with Crippen LogP contribution in [0.4, 0.5) is 4.79 Å². The fraction of sp³-hybridized carbons (Fsp3) is 0.529. The molecule has 0 spiro atoms. The predicted molar refractivity (Wildman–Crippen MR) is 91.9 cm³/mol. The molecule has 1 atom stereocenters. The van der Waals surface area contributed by atoms with Crippen LogP contribution in [0.2, 0.25) is 0 Å². The molecule has 6 nitrogen and oxygen atoms in total. The Morgan fingerprint density at radius 1 is 1.17 bits per heavy atom. The molecule has 1 unspecified atom stereocenters. The van der Waals surface area contributed by atoms with E-state index in [1.54, 1.807) is 18.7 Å². The molecule has 1 aliphatic heterocycles. The van der Waals surface area contributed by atoms with E-state index in [1.807, 2.05) is 37.3 Å². The second kappa shape index (κ2) is 8.94. The predicted octanol–water partition coefficient (Wildman–Crippen LogP) is 2.37. The number of carbonyl (C=O) groups excluding carboxylic acids is 2. The molecule has 0 bridgehead atoms. The molecule has 1 aromatic carbocycles. The molecular formula is C17H23NO5S. The van der Waals surface area contributed by atoms with Crippen LogP contribution >= 0.6 is 11.8 Å². The Balaban J connectivity index is 1.99. The molecule has 0 saturated carbocycles. The summed E-state index contributed by atoms with van der Waals surface area (Å²) in [6.07, 6.45) is -0.659. The Kier molecular flexibility index (Phi) is 6.93. The SMILES string of the molecule is CCOC(=O)C(NC(=O)OCc1ccccc1)C1(OCC)CSC1. The van der Waals surface area contributed by atoms with E-state index in [0.29, 0.717) is 18.1 Å². The van der Waals surface area contributed by atoms with Crippen molar-refractivity contribution < 1.29 is 23.8 Å². The average Bonchev–Trinajstić information content (AvgIpc) is 2.55. The summed E-state index contributed by atoms with van der Waals surface area (Å²) in [5, 5.41) is 2.63. The molecule has 1 fully saturated rings. The molecule has 0 aliphatic carbocycles. The minimum atomic E-state index is -0.873. The van der Waals surface area contributed by atoms with Crippen LogP contribution in [0.5, 0.6) is 0 Å². The molecule has 1 heterocycles. The molecule has 1 aliphatic rings. The van der Waals surface area contributed by atoms with Crippen LogP contribution in [0.3, 0.4) is 0 Å².